The highest BCUT2D eigenvalue weighted by molar-refractivity contribution is 6.30. The summed E-state index contributed by atoms with van der Waals surface area (Å²) < 4.78 is 18.4. The van der Waals surface area contributed by atoms with E-state index in [0.29, 0.717) is 13.0 Å². The van der Waals surface area contributed by atoms with Gasteiger partial charge in [0.25, 0.3) is 5.91 Å². The lowest BCUT2D eigenvalue weighted by atomic mass is 10.2. The van der Waals surface area contributed by atoms with Gasteiger partial charge in [-0.05, 0) is 31.0 Å². The van der Waals surface area contributed by atoms with E-state index in [1.807, 2.05) is 0 Å². The summed E-state index contributed by atoms with van der Waals surface area (Å²) in [6, 6.07) is 3.80. The second-order valence-electron chi connectivity index (χ2n) is 5.46. The van der Waals surface area contributed by atoms with Crippen LogP contribution < -0.4 is 5.32 Å². The molecule has 0 atom stereocenters. The van der Waals surface area contributed by atoms with Crippen molar-refractivity contribution < 1.29 is 23.5 Å². The molecular formula is C16H18ClFN2O4. The standard InChI is InChI=1S/C16H18ClFN2O4/c17-11-5-6-13(12(18)8-11)19-14(21)10-24-16(23)9-20-7-3-1-2-4-15(20)22/h5-6,8H,1-4,7,9-10H2,(H,19,21). The fraction of sp³-hybridized carbons (Fsp3) is 0.438. The van der Waals surface area contributed by atoms with Crippen molar-refractivity contribution in [2.75, 3.05) is 25.0 Å². The molecule has 1 aliphatic heterocycles. The molecule has 0 spiro atoms. The van der Waals surface area contributed by atoms with Crippen molar-refractivity contribution in [1.29, 1.82) is 0 Å². The number of anilines is 1. The molecule has 8 heteroatoms. The van der Waals surface area contributed by atoms with E-state index in [1.54, 1.807) is 0 Å². The number of halogens is 2. The molecule has 0 radical (unpaired) electrons. The molecule has 0 saturated carbocycles. The third kappa shape index (κ3) is 5.49. The van der Waals surface area contributed by atoms with Crippen LogP contribution in [0.4, 0.5) is 10.1 Å². The fourth-order valence-electron chi connectivity index (χ4n) is 2.33. The number of benzene rings is 1. The van der Waals surface area contributed by atoms with E-state index in [9.17, 15) is 18.8 Å². The molecule has 0 unspecified atom stereocenters. The molecule has 1 fully saturated rings. The molecule has 1 saturated heterocycles. The number of hydrogen-bond acceptors (Lipinski definition) is 4. The normalized spacial score (nSPS) is 14.9. The van der Waals surface area contributed by atoms with Crippen molar-refractivity contribution in [2.45, 2.75) is 25.7 Å². The smallest absolute Gasteiger partial charge is 0.326 e. The Hall–Kier alpha value is -2.15. The number of hydrogen-bond donors (Lipinski definition) is 1. The largest absolute Gasteiger partial charge is 0.454 e. The van der Waals surface area contributed by atoms with Crippen molar-refractivity contribution in [1.82, 2.24) is 4.90 Å². The lowest BCUT2D eigenvalue weighted by Crippen LogP contribution is -2.36. The summed E-state index contributed by atoms with van der Waals surface area (Å²) in [6.07, 6.45) is 3.03. The predicted octanol–water partition coefficient (Wildman–Crippen LogP) is 2.36. The molecule has 1 heterocycles. The summed E-state index contributed by atoms with van der Waals surface area (Å²) in [7, 11) is 0. The molecule has 0 aromatic heterocycles. The van der Waals surface area contributed by atoms with Crippen LogP contribution in [-0.4, -0.2) is 42.4 Å². The highest BCUT2D eigenvalue weighted by Crippen LogP contribution is 2.18. The summed E-state index contributed by atoms with van der Waals surface area (Å²) in [5.41, 5.74) is -0.0526. The fourth-order valence-corrected chi connectivity index (χ4v) is 2.49. The zero-order valence-corrected chi connectivity index (χ0v) is 13.8. The van der Waals surface area contributed by atoms with E-state index < -0.39 is 24.3 Å². The first-order chi connectivity index (χ1) is 11.5. The first kappa shape index (κ1) is 18.2. The van der Waals surface area contributed by atoms with Gasteiger partial charge in [0.1, 0.15) is 12.4 Å². The van der Waals surface area contributed by atoms with Gasteiger partial charge in [-0.3, -0.25) is 14.4 Å². The zero-order chi connectivity index (χ0) is 17.5. The Kier molecular flexibility index (Phi) is 6.54. The molecule has 1 aromatic carbocycles. The molecule has 0 bridgehead atoms. The van der Waals surface area contributed by atoms with Crippen LogP contribution in [0.3, 0.4) is 0 Å². The quantitative estimate of drug-likeness (QED) is 0.822. The Balaban J connectivity index is 1.78. The highest BCUT2D eigenvalue weighted by atomic mass is 35.5. The summed E-state index contributed by atoms with van der Waals surface area (Å²) in [6.45, 7) is -0.222. The van der Waals surface area contributed by atoms with E-state index in [0.717, 1.165) is 25.3 Å². The summed E-state index contributed by atoms with van der Waals surface area (Å²) >= 11 is 5.62. The van der Waals surface area contributed by atoms with E-state index in [-0.39, 0.29) is 23.2 Å². The van der Waals surface area contributed by atoms with E-state index in [1.165, 1.54) is 17.0 Å². The van der Waals surface area contributed by atoms with Crippen LogP contribution in [0.5, 0.6) is 0 Å². The number of likely N-dealkylation sites (tertiary alicyclic amines) is 1. The number of amides is 2. The summed E-state index contributed by atoms with van der Waals surface area (Å²) in [5, 5.41) is 2.49. The van der Waals surface area contributed by atoms with Gasteiger partial charge < -0.3 is 15.0 Å². The maximum Gasteiger partial charge on any atom is 0.326 e. The third-order valence-electron chi connectivity index (χ3n) is 3.56. The van der Waals surface area contributed by atoms with E-state index >= 15 is 0 Å². The SMILES string of the molecule is O=C(COC(=O)CN1CCCCCC1=O)Nc1ccc(Cl)cc1F. The number of ether oxygens (including phenoxy) is 1. The first-order valence-electron chi connectivity index (χ1n) is 7.64. The van der Waals surface area contributed by atoms with Crippen LogP contribution >= 0.6 is 11.6 Å². The molecule has 1 N–H and O–H groups in total. The molecule has 2 amide bonds. The van der Waals surface area contributed by atoms with Crippen molar-refractivity contribution in [2.24, 2.45) is 0 Å². The second kappa shape index (κ2) is 8.63. The van der Waals surface area contributed by atoms with Gasteiger partial charge in [-0.15, -0.1) is 0 Å². The van der Waals surface area contributed by atoms with Gasteiger partial charge in [0, 0.05) is 18.0 Å². The van der Waals surface area contributed by atoms with Crippen molar-refractivity contribution in [3.63, 3.8) is 0 Å². The van der Waals surface area contributed by atoms with Crippen LogP contribution in [0.25, 0.3) is 0 Å². The molecule has 130 valence electrons. The van der Waals surface area contributed by atoms with Gasteiger partial charge in [-0.1, -0.05) is 18.0 Å². The first-order valence-corrected chi connectivity index (χ1v) is 8.02. The number of nitrogens with zero attached hydrogens (tertiary/aromatic N) is 1. The Morgan fingerprint density at radius 3 is 2.83 bits per heavy atom. The van der Waals surface area contributed by atoms with Crippen molar-refractivity contribution in [3.05, 3.63) is 29.0 Å². The maximum atomic E-state index is 13.5. The Morgan fingerprint density at radius 1 is 1.29 bits per heavy atom. The van der Waals surface area contributed by atoms with Crippen LogP contribution in [0.2, 0.25) is 5.02 Å². The van der Waals surface area contributed by atoms with Crippen molar-refractivity contribution in [3.8, 4) is 0 Å². The van der Waals surface area contributed by atoms with Crippen molar-refractivity contribution >= 4 is 35.1 Å². The molecule has 0 aliphatic carbocycles. The van der Waals surface area contributed by atoms with Crippen LogP contribution in [0.15, 0.2) is 18.2 Å². The van der Waals surface area contributed by atoms with Gasteiger partial charge in [0.15, 0.2) is 6.61 Å². The average molecular weight is 357 g/mol. The Morgan fingerprint density at radius 2 is 2.08 bits per heavy atom. The molecular weight excluding hydrogens is 339 g/mol. The van der Waals surface area contributed by atoms with Gasteiger partial charge in [0.2, 0.25) is 5.91 Å². The Labute approximate surface area is 143 Å². The number of carbonyl (C=O) groups is 3. The van der Waals surface area contributed by atoms with Crippen LogP contribution in [0, 0.1) is 5.82 Å². The minimum Gasteiger partial charge on any atom is -0.454 e. The maximum absolute atomic E-state index is 13.5. The molecule has 1 aliphatic rings. The molecule has 24 heavy (non-hydrogen) atoms. The van der Waals surface area contributed by atoms with Gasteiger partial charge in [0.05, 0.1) is 5.69 Å². The van der Waals surface area contributed by atoms with Crippen LogP contribution in [-0.2, 0) is 19.1 Å². The highest BCUT2D eigenvalue weighted by Gasteiger charge is 2.20. The van der Waals surface area contributed by atoms with E-state index in [4.69, 9.17) is 16.3 Å². The average Bonchev–Trinajstić information content (AvgIpc) is 2.73. The number of nitrogens with one attached hydrogen (secondary N) is 1. The molecule has 2 rings (SSSR count). The lowest BCUT2D eigenvalue weighted by Gasteiger charge is -2.19. The predicted molar refractivity (Wildman–Crippen MR) is 86.0 cm³/mol. The Bertz CT molecular complexity index is 639. The van der Waals surface area contributed by atoms with Crippen LogP contribution in [0.1, 0.15) is 25.7 Å². The summed E-state index contributed by atoms with van der Waals surface area (Å²) in [5.74, 6) is -2.11. The molecule has 1 aromatic rings. The minimum absolute atomic E-state index is 0.0526. The monoisotopic (exact) mass is 356 g/mol. The minimum atomic E-state index is -0.683. The summed E-state index contributed by atoms with van der Waals surface area (Å²) in [4.78, 5) is 36.7. The van der Waals surface area contributed by atoms with Gasteiger partial charge >= 0.3 is 5.97 Å². The lowest BCUT2D eigenvalue weighted by molar-refractivity contribution is -0.151. The number of carbonyl (C=O) groups excluding carboxylic acids is 3. The zero-order valence-electron chi connectivity index (χ0n) is 13.0. The van der Waals surface area contributed by atoms with Gasteiger partial charge in [-0.25, -0.2) is 4.39 Å². The number of esters is 1. The third-order valence-corrected chi connectivity index (χ3v) is 3.80. The molecule has 6 nitrogen and oxygen atoms in total. The second-order valence-corrected chi connectivity index (χ2v) is 5.90. The number of rotatable bonds is 5. The topological polar surface area (TPSA) is 75.7 Å². The van der Waals surface area contributed by atoms with E-state index in [2.05, 4.69) is 5.32 Å². The van der Waals surface area contributed by atoms with Gasteiger partial charge in [-0.2, -0.15) is 0 Å².